The van der Waals surface area contributed by atoms with Gasteiger partial charge in [-0.2, -0.15) is 14.6 Å². The summed E-state index contributed by atoms with van der Waals surface area (Å²) in [6.45, 7) is 0. The van der Waals surface area contributed by atoms with Crippen molar-refractivity contribution < 1.29 is 9.18 Å². The molecule has 4 rings (SSSR count). The maximum atomic E-state index is 14.1. The van der Waals surface area contributed by atoms with Crippen molar-refractivity contribution in [2.45, 2.75) is 12.3 Å². The van der Waals surface area contributed by atoms with Crippen LogP contribution in [0.15, 0.2) is 35.4 Å². The molecule has 0 bridgehead atoms. The second-order valence-electron chi connectivity index (χ2n) is 5.04. The average molecular weight is 299 g/mol. The molecule has 8 heteroatoms. The van der Waals surface area contributed by atoms with Crippen LogP contribution >= 0.6 is 0 Å². The number of carbonyl (C=O) groups is 1. The summed E-state index contributed by atoms with van der Waals surface area (Å²) in [6.07, 6.45) is 1.27. The molecule has 0 fully saturated rings. The van der Waals surface area contributed by atoms with Crippen LogP contribution in [0.25, 0.3) is 5.78 Å². The molecule has 3 heterocycles. The Morgan fingerprint density at radius 3 is 2.91 bits per heavy atom. The van der Waals surface area contributed by atoms with Crippen molar-refractivity contribution in [3.05, 3.63) is 57.9 Å². The zero-order valence-electron chi connectivity index (χ0n) is 11.2. The first kappa shape index (κ1) is 12.7. The molecule has 0 spiro atoms. The number of rotatable bonds is 1. The molecular formula is C14H10FN5O2. The Morgan fingerprint density at radius 1 is 1.27 bits per heavy atom. The third-order valence-corrected chi connectivity index (χ3v) is 3.76. The van der Waals surface area contributed by atoms with E-state index in [0.29, 0.717) is 5.56 Å². The molecule has 2 aromatic heterocycles. The van der Waals surface area contributed by atoms with E-state index in [-0.39, 0.29) is 29.5 Å². The number of carbonyl (C=O) groups excluding carboxylic acids is 1. The van der Waals surface area contributed by atoms with Gasteiger partial charge in [0.25, 0.3) is 5.56 Å². The smallest absolute Gasteiger partial charge is 0.258 e. The van der Waals surface area contributed by atoms with Gasteiger partial charge in [-0.15, -0.1) is 0 Å². The molecule has 0 radical (unpaired) electrons. The molecule has 0 saturated carbocycles. The summed E-state index contributed by atoms with van der Waals surface area (Å²) in [5.74, 6) is -0.962. The Hall–Kier alpha value is -3.03. The minimum Gasteiger partial charge on any atom is -0.310 e. The molecule has 3 aromatic rings. The number of H-pyrrole nitrogens is 1. The summed E-state index contributed by atoms with van der Waals surface area (Å²) in [7, 11) is 0. The average Bonchev–Trinajstić information content (AvgIpc) is 2.95. The van der Waals surface area contributed by atoms with E-state index in [9.17, 15) is 14.0 Å². The van der Waals surface area contributed by atoms with Crippen LogP contribution in [0.1, 0.15) is 23.5 Å². The van der Waals surface area contributed by atoms with E-state index < -0.39 is 17.3 Å². The first-order valence-corrected chi connectivity index (χ1v) is 6.65. The first-order valence-electron chi connectivity index (χ1n) is 6.65. The van der Waals surface area contributed by atoms with Crippen molar-refractivity contribution in [2.75, 3.05) is 5.32 Å². The van der Waals surface area contributed by atoms with Gasteiger partial charge in [0.2, 0.25) is 11.7 Å². The topological polar surface area (TPSA) is 92.2 Å². The van der Waals surface area contributed by atoms with Gasteiger partial charge in [0.05, 0.1) is 5.56 Å². The Balaban J connectivity index is 2.04. The van der Waals surface area contributed by atoms with Crippen LogP contribution in [0.3, 0.4) is 0 Å². The van der Waals surface area contributed by atoms with E-state index >= 15 is 0 Å². The number of benzene rings is 1. The lowest BCUT2D eigenvalue weighted by atomic mass is 9.86. The fraction of sp³-hybridized carbons (Fsp3) is 0.143. The summed E-state index contributed by atoms with van der Waals surface area (Å²) in [5, 5.41) is 6.61. The number of aromatic amines is 1. The van der Waals surface area contributed by atoms with E-state index in [0.717, 1.165) is 0 Å². The lowest BCUT2D eigenvalue weighted by molar-refractivity contribution is -0.116. The van der Waals surface area contributed by atoms with Gasteiger partial charge in [0, 0.05) is 12.3 Å². The molecule has 1 unspecified atom stereocenters. The monoisotopic (exact) mass is 299 g/mol. The van der Waals surface area contributed by atoms with Crippen LogP contribution in [0.2, 0.25) is 0 Å². The van der Waals surface area contributed by atoms with Crippen LogP contribution in [0, 0.1) is 5.82 Å². The zero-order chi connectivity index (χ0) is 15.3. The molecule has 110 valence electrons. The Bertz CT molecular complexity index is 961. The molecule has 0 aliphatic carbocycles. The van der Waals surface area contributed by atoms with Gasteiger partial charge < -0.3 is 5.32 Å². The minimum atomic E-state index is -0.665. The molecule has 2 N–H and O–H groups in total. The molecule has 22 heavy (non-hydrogen) atoms. The highest BCUT2D eigenvalue weighted by Gasteiger charge is 2.33. The number of fused-ring (bicyclic) bond motifs is 3. The molecule has 0 saturated heterocycles. The van der Waals surface area contributed by atoms with Gasteiger partial charge in [-0.3, -0.25) is 14.6 Å². The van der Waals surface area contributed by atoms with Crippen molar-refractivity contribution in [1.82, 2.24) is 19.6 Å². The van der Waals surface area contributed by atoms with Gasteiger partial charge in [-0.25, -0.2) is 4.39 Å². The third-order valence-electron chi connectivity index (χ3n) is 3.76. The quantitative estimate of drug-likeness (QED) is 0.702. The molecule has 7 nitrogen and oxygen atoms in total. The van der Waals surface area contributed by atoms with Gasteiger partial charge in [0.1, 0.15) is 18.0 Å². The van der Waals surface area contributed by atoms with Crippen molar-refractivity contribution in [3.8, 4) is 0 Å². The SMILES string of the molecule is O=C1CC(c2ccccc2F)c2c(n3ncnc3[nH]c2=O)N1. The molecule has 1 aliphatic heterocycles. The summed E-state index contributed by atoms with van der Waals surface area (Å²) < 4.78 is 15.4. The predicted molar refractivity (Wildman–Crippen MR) is 75.1 cm³/mol. The highest BCUT2D eigenvalue weighted by atomic mass is 19.1. The van der Waals surface area contributed by atoms with E-state index in [1.807, 2.05) is 0 Å². The van der Waals surface area contributed by atoms with E-state index in [4.69, 9.17) is 0 Å². The summed E-state index contributed by atoms with van der Waals surface area (Å²) in [6, 6.07) is 6.12. The molecular weight excluding hydrogens is 289 g/mol. The van der Waals surface area contributed by atoms with E-state index in [1.54, 1.807) is 18.2 Å². The Labute approximate surface area is 122 Å². The largest absolute Gasteiger partial charge is 0.310 e. The lowest BCUT2D eigenvalue weighted by Crippen LogP contribution is -2.32. The number of amides is 1. The third kappa shape index (κ3) is 1.73. The Kier molecular flexibility index (Phi) is 2.59. The fourth-order valence-electron chi connectivity index (χ4n) is 2.82. The highest BCUT2D eigenvalue weighted by molar-refractivity contribution is 5.94. The number of aromatic nitrogens is 4. The predicted octanol–water partition coefficient (Wildman–Crippen LogP) is 1.03. The van der Waals surface area contributed by atoms with Crippen LogP contribution < -0.4 is 10.9 Å². The van der Waals surface area contributed by atoms with Crippen LogP contribution in [-0.4, -0.2) is 25.5 Å². The Morgan fingerprint density at radius 2 is 2.09 bits per heavy atom. The maximum Gasteiger partial charge on any atom is 0.258 e. The van der Waals surface area contributed by atoms with Crippen molar-refractivity contribution in [2.24, 2.45) is 0 Å². The second kappa shape index (κ2) is 4.48. The number of anilines is 1. The van der Waals surface area contributed by atoms with Gasteiger partial charge in [-0.05, 0) is 11.6 Å². The van der Waals surface area contributed by atoms with Gasteiger partial charge in [-0.1, -0.05) is 18.2 Å². The lowest BCUT2D eigenvalue weighted by Gasteiger charge is -2.25. The number of nitrogens with one attached hydrogen (secondary N) is 2. The van der Waals surface area contributed by atoms with Crippen LogP contribution in [0.5, 0.6) is 0 Å². The van der Waals surface area contributed by atoms with Gasteiger partial charge >= 0.3 is 0 Å². The molecule has 1 atom stereocenters. The summed E-state index contributed by atoms with van der Waals surface area (Å²) in [5.41, 5.74) is 0.176. The fourth-order valence-corrected chi connectivity index (χ4v) is 2.82. The maximum absolute atomic E-state index is 14.1. The highest BCUT2D eigenvalue weighted by Crippen LogP contribution is 2.35. The van der Waals surface area contributed by atoms with Gasteiger partial charge in [0.15, 0.2) is 0 Å². The second-order valence-corrected chi connectivity index (χ2v) is 5.04. The summed E-state index contributed by atoms with van der Waals surface area (Å²) >= 11 is 0. The molecule has 1 aliphatic rings. The van der Waals surface area contributed by atoms with Crippen molar-refractivity contribution in [1.29, 1.82) is 0 Å². The van der Waals surface area contributed by atoms with E-state index in [2.05, 4.69) is 20.4 Å². The normalized spacial score (nSPS) is 17.3. The molecule has 1 aromatic carbocycles. The number of hydrogen-bond acceptors (Lipinski definition) is 4. The number of nitrogens with zero attached hydrogens (tertiary/aromatic N) is 3. The van der Waals surface area contributed by atoms with Crippen molar-refractivity contribution in [3.63, 3.8) is 0 Å². The van der Waals surface area contributed by atoms with Crippen LogP contribution in [0.4, 0.5) is 10.2 Å². The number of halogens is 1. The standard InChI is InChI=1S/C14H10FN5O2/c15-9-4-2-1-3-7(9)8-5-10(21)18-12-11(8)13(22)19-14-16-6-17-20(12)14/h1-4,6,8H,5H2,(H,18,21)(H,16,17,19,22). The zero-order valence-corrected chi connectivity index (χ0v) is 11.2. The number of hydrogen-bond donors (Lipinski definition) is 2. The first-order chi connectivity index (χ1) is 10.6. The van der Waals surface area contributed by atoms with E-state index in [1.165, 1.54) is 16.9 Å². The minimum absolute atomic E-state index is 0.00276. The summed E-state index contributed by atoms with van der Waals surface area (Å²) in [4.78, 5) is 30.8. The van der Waals surface area contributed by atoms with Crippen LogP contribution in [-0.2, 0) is 4.79 Å². The molecule has 1 amide bonds. The van der Waals surface area contributed by atoms with Crippen molar-refractivity contribution >= 4 is 17.5 Å².